The summed E-state index contributed by atoms with van der Waals surface area (Å²) in [5, 5.41) is 3.05. The van der Waals surface area contributed by atoms with Gasteiger partial charge in [-0.3, -0.25) is 0 Å². The Morgan fingerprint density at radius 3 is 2.78 bits per heavy atom. The maximum Gasteiger partial charge on any atom is 0.215 e. The molecular formula is C12H11FIN3O. The summed E-state index contributed by atoms with van der Waals surface area (Å²) in [7, 11) is 1.53. The molecule has 0 aliphatic carbocycles. The first kappa shape index (κ1) is 12.9. The van der Waals surface area contributed by atoms with Gasteiger partial charge in [0, 0.05) is 9.64 Å². The van der Waals surface area contributed by atoms with Gasteiger partial charge in [-0.05, 0) is 46.9 Å². The molecule has 0 amide bonds. The average Bonchev–Trinajstić information content (AvgIpc) is 2.35. The summed E-state index contributed by atoms with van der Waals surface area (Å²) in [6.07, 6.45) is 0. The number of rotatable bonds is 3. The van der Waals surface area contributed by atoms with Crippen LogP contribution in [-0.2, 0) is 0 Å². The number of anilines is 3. The lowest BCUT2D eigenvalue weighted by Crippen LogP contribution is -2.01. The van der Waals surface area contributed by atoms with Crippen molar-refractivity contribution in [2.24, 2.45) is 0 Å². The van der Waals surface area contributed by atoms with Crippen LogP contribution in [0.15, 0.2) is 30.3 Å². The molecule has 3 N–H and O–H groups in total. The summed E-state index contributed by atoms with van der Waals surface area (Å²) in [5.41, 5.74) is 7.05. The Hall–Kier alpha value is -1.57. The molecule has 0 aliphatic heterocycles. The number of benzene rings is 1. The quantitative estimate of drug-likeness (QED) is 0.827. The van der Waals surface area contributed by atoms with Crippen molar-refractivity contribution in [3.8, 4) is 5.88 Å². The first-order valence-electron chi connectivity index (χ1n) is 5.12. The van der Waals surface area contributed by atoms with E-state index < -0.39 is 0 Å². The number of nitrogen functional groups attached to an aromatic ring is 1. The van der Waals surface area contributed by atoms with Crippen LogP contribution in [0.5, 0.6) is 5.88 Å². The Kier molecular flexibility index (Phi) is 3.85. The molecule has 0 bridgehead atoms. The summed E-state index contributed by atoms with van der Waals surface area (Å²) >= 11 is 2.04. The minimum absolute atomic E-state index is 0.281. The number of nitrogens with one attached hydrogen (secondary N) is 1. The lowest BCUT2D eigenvalue weighted by Gasteiger charge is -2.11. The van der Waals surface area contributed by atoms with Crippen molar-refractivity contribution < 1.29 is 9.13 Å². The van der Waals surface area contributed by atoms with Crippen LogP contribution < -0.4 is 15.8 Å². The Morgan fingerprint density at radius 2 is 2.11 bits per heavy atom. The van der Waals surface area contributed by atoms with Crippen LogP contribution in [0.1, 0.15) is 0 Å². The molecule has 0 unspecified atom stereocenters. The molecule has 2 rings (SSSR count). The molecule has 18 heavy (non-hydrogen) atoms. The van der Waals surface area contributed by atoms with Gasteiger partial charge in [0.15, 0.2) is 5.82 Å². The van der Waals surface area contributed by atoms with E-state index in [-0.39, 0.29) is 5.82 Å². The van der Waals surface area contributed by atoms with Gasteiger partial charge in [-0.25, -0.2) is 4.39 Å². The van der Waals surface area contributed by atoms with E-state index >= 15 is 0 Å². The molecule has 94 valence electrons. The van der Waals surface area contributed by atoms with E-state index in [1.54, 1.807) is 18.2 Å². The molecule has 1 aromatic heterocycles. The number of aromatic nitrogens is 1. The molecule has 2 aromatic rings. The highest BCUT2D eigenvalue weighted by molar-refractivity contribution is 14.1. The van der Waals surface area contributed by atoms with Crippen molar-refractivity contribution in [2.75, 3.05) is 18.2 Å². The molecule has 0 spiro atoms. The average molecular weight is 359 g/mol. The molecule has 0 radical (unpaired) electrons. The summed E-state index contributed by atoms with van der Waals surface area (Å²) in [4.78, 5) is 4.19. The molecule has 6 heteroatoms. The van der Waals surface area contributed by atoms with E-state index in [1.165, 1.54) is 19.2 Å². The molecular weight excluding hydrogens is 348 g/mol. The maximum absolute atomic E-state index is 13.0. The molecule has 0 fully saturated rings. The third-order valence-electron chi connectivity index (χ3n) is 2.29. The number of nitrogens with zero attached hydrogens (tertiary/aromatic N) is 1. The highest BCUT2D eigenvalue weighted by Gasteiger charge is 2.07. The minimum atomic E-state index is -0.281. The Morgan fingerprint density at radius 1 is 1.33 bits per heavy atom. The predicted molar refractivity (Wildman–Crippen MR) is 77.6 cm³/mol. The van der Waals surface area contributed by atoms with Crippen molar-refractivity contribution in [2.45, 2.75) is 0 Å². The zero-order valence-electron chi connectivity index (χ0n) is 9.58. The van der Waals surface area contributed by atoms with Gasteiger partial charge in [0.2, 0.25) is 5.88 Å². The fourth-order valence-corrected chi connectivity index (χ4v) is 2.00. The van der Waals surface area contributed by atoms with E-state index in [2.05, 4.69) is 10.3 Å². The van der Waals surface area contributed by atoms with Gasteiger partial charge >= 0.3 is 0 Å². The van der Waals surface area contributed by atoms with Crippen molar-refractivity contribution in [1.82, 2.24) is 4.98 Å². The highest BCUT2D eigenvalue weighted by Crippen LogP contribution is 2.27. The molecule has 1 heterocycles. The number of ether oxygens (including phenoxy) is 1. The number of methoxy groups -OCH3 is 1. The van der Waals surface area contributed by atoms with E-state index in [9.17, 15) is 4.39 Å². The van der Waals surface area contributed by atoms with Crippen LogP contribution in [0.3, 0.4) is 0 Å². The minimum Gasteiger partial charge on any atom is -0.481 e. The number of halogens is 2. The van der Waals surface area contributed by atoms with Gasteiger partial charge in [-0.15, -0.1) is 0 Å². The third kappa shape index (κ3) is 2.81. The second-order valence-electron chi connectivity index (χ2n) is 3.54. The van der Waals surface area contributed by atoms with Crippen LogP contribution >= 0.6 is 22.6 Å². The third-order valence-corrected chi connectivity index (χ3v) is 3.19. The molecule has 0 saturated heterocycles. The SMILES string of the molecule is COc1ccc(N)c(Nc2ccc(F)cc2I)n1. The molecule has 0 atom stereocenters. The first-order chi connectivity index (χ1) is 8.60. The Labute approximate surface area is 118 Å². The zero-order chi connectivity index (χ0) is 13.1. The molecule has 0 saturated carbocycles. The van der Waals surface area contributed by atoms with E-state index in [0.717, 1.165) is 9.26 Å². The standard InChI is InChI=1S/C12H11FIN3O/c1-18-11-5-3-9(15)12(17-11)16-10-4-2-7(13)6-8(10)14/h2-6H,15H2,1H3,(H,16,17). The fraction of sp³-hybridized carbons (Fsp3) is 0.0833. The first-order valence-corrected chi connectivity index (χ1v) is 6.20. The van der Waals surface area contributed by atoms with Crippen LogP contribution in [0, 0.1) is 9.39 Å². The van der Waals surface area contributed by atoms with Crippen molar-refractivity contribution in [3.63, 3.8) is 0 Å². The Balaban J connectivity index is 2.33. The van der Waals surface area contributed by atoms with Crippen LogP contribution in [0.25, 0.3) is 0 Å². The monoisotopic (exact) mass is 359 g/mol. The van der Waals surface area contributed by atoms with Crippen molar-refractivity contribution in [3.05, 3.63) is 39.7 Å². The molecule has 0 aliphatic rings. The van der Waals surface area contributed by atoms with Crippen LogP contribution in [-0.4, -0.2) is 12.1 Å². The highest BCUT2D eigenvalue weighted by atomic mass is 127. The lowest BCUT2D eigenvalue weighted by atomic mass is 10.3. The lowest BCUT2D eigenvalue weighted by molar-refractivity contribution is 0.398. The fourth-order valence-electron chi connectivity index (χ4n) is 1.38. The maximum atomic E-state index is 13.0. The second-order valence-corrected chi connectivity index (χ2v) is 4.70. The summed E-state index contributed by atoms with van der Waals surface area (Å²) in [5.74, 6) is 0.666. The smallest absolute Gasteiger partial charge is 0.215 e. The van der Waals surface area contributed by atoms with Crippen LogP contribution in [0.2, 0.25) is 0 Å². The second kappa shape index (κ2) is 5.38. The van der Waals surface area contributed by atoms with Gasteiger partial charge in [0.05, 0.1) is 18.5 Å². The van der Waals surface area contributed by atoms with Gasteiger partial charge in [-0.2, -0.15) is 4.98 Å². The molecule has 1 aromatic carbocycles. The van der Waals surface area contributed by atoms with Gasteiger partial charge in [-0.1, -0.05) is 0 Å². The van der Waals surface area contributed by atoms with Crippen molar-refractivity contribution >= 4 is 39.8 Å². The van der Waals surface area contributed by atoms with E-state index in [0.29, 0.717) is 17.4 Å². The molecule has 4 nitrogen and oxygen atoms in total. The van der Waals surface area contributed by atoms with Gasteiger partial charge in [0.1, 0.15) is 5.82 Å². The zero-order valence-corrected chi connectivity index (χ0v) is 11.7. The normalized spacial score (nSPS) is 10.2. The largest absolute Gasteiger partial charge is 0.481 e. The van der Waals surface area contributed by atoms with Crippen molar-refractivity contribution in [1.29, 1.82) is 0 Å². The van der Waals surface area contributed by atoms with Gasteiger partial charge < -0.3 is 15.8 Å². The Bertz CT molecular complexity index is 577. The van der Waals surface area contributed by atoms with Crippen LogP contribution in [0.4, 0.5) is 21.6 Å². The van der Waals surface area contributed by atoms with E-state index in [4.69, 9.17) is 10.5 Å². The predicted octanol–water partition coefficient (Wildman–Crippen LogP) is 3.16. The summed E-state index contributed by atoms with van der Waals surface area (Å²) in [6.45, 7) is 0. The number of nitrogens with two attached hydrogens (primary N) is 1. The van der Waals surface area contributed by atoms with Gasteiger partial charge in [0.25, 0.3) is 0 Å². The summed E-state index contributed by atoms with van der Waals surface area (Å²) < 4.78 is 18.8. The number of pyridine rings is 1. The number of hydrogen-bond acceptors (Lipinski definition) is 4. The summed E-state index contributed by atoms with van der Waals surface area (Å²) in [6, 6.07) is 7.82. The topological polar surface area (TPSA) is 60.2 Å². The number of hydrogen-bond donors (Lipinski definition) is 2. The van der Waals surface area contributed by atoms with E-state index in [1.807, 2.05) is 22.6 Å².